The molecule has 128 valence electrons. The maximum absolute atomic E-state index is 12.7. The number of nitrogens with zero attached hydrogens (tertiary/aromatic N) is 2. The highest BCUT2D eigenvalue weighted by atomic mass is 16.6. The van der Waals surface area contributed by atoms with Gasteiger partial charge in [0.1, 0.15) is 0 Å². The third-order valence-electron chi connectivity index (χ3n) is 4.50. The molecule has 0 bridgehead atoms. The van der Waals surface area contributed by atoms with Gasteiger partial charge in [-0.2, -0.15) is 0 Å². The smallest absolute Gasteiger partial charge is 0.321 e. The highest BCUT2D eigenvalue weighted by Gasteiger charge is 2.60. The third-order valence-corrected chi connectivity index (χ3v) is 4.50. The number of piperidine rings is 1. The van der Waals surface area contributed by atoms with Gasteiger partial charge in [0.05, 0.1) is 0 Å². The number of Topliss-reactive ketones (excluding diaryl/α,β-unsaturated/α-hetero) is 1. The van der Waals surface area contributed by atoms with Crippen LogP contribution in [-0.4, -0.2) is 27.7 Å². The van der Waals surface area contributed by atoms with E-state index in [0.29, 0.717) is 11.1 Å². The summed E-state index contributed by atoms with van der Waals surface area (Å²) < 4.78 is 0. The van der Waals surface area contributed by atoms with E-state index < -0.39 is 39.8 Å². The van der Waals surface area contributed by atoms with Crippen LogP contribution in [-0.2, 0) is 4.79 Å². The van der Waals surface area contributed by atoms with Gasteiger partial charge in [-0.25, -0.2) is 0 Å². The summed E-state index contributed by atoms with van der Waals surface area (Å²) >= 11 is 0. The van der Waals surface area contributed by atoms with Crippen molar-refractivity contribution in [3.05, 3.63) is 92.0 Å². The van der Waals surface area contributed by atoms with Gasteiger partial charge in [-0.05, 0) is 0 Å². The molecule has 4 atom stereocenters. The number of quaternary nitrogens is 1. The molecule has 0 spiro atoms. The summed E-state index contributed by atoms with van der Waals surface area (Å²) in [6, 6.07) is 12.3. The van der Waals surface area contributed by atoms with Crippen molar-refractivity contribution in [2.75, 3.05) is 0 Å². The van der Waals surface area contributed by atoms with Crippen LogP contribution in [0.3, 0.4) is 0 Å². The quantitative estimate of drug-likeness (QED) is 0.654. The molecule has 0 radical (unpaired) electrons. The molecule has 8 heteroatoms. The van der Waals surface area contributed by atoms with Crippen molar-refractivity contribution in [2.45, 2.75) is 24.2 Å². The zero-order chi connectivity index (χ0) is 18.0. The number of carbonyl (C=O) groups is 1. The first-order chi connectivity index (χ1) is 12.0. The van der Waals surface area contributed by atoms with E-state index in [1.54, 1.807) is 66.0 Å². The molecular weight excluding hydrogens is 326 g/mol. The normalized spacial score (nSPS) is 26.2. The van der Waals surface area contributed by atoms with E-state index in [9.17, 15) is 25.0 Å². The highest BCUT2D eigenvalue weighted by Crippen LogP contribution is 2.28. The Labute approximate surface area is 142 Å². The topological polar surface area (TPSA) is 120 Å². The highest BCUT2D eigenvalue weighted by molar-refractivity contribution is 5.89. The fraction of sp³-hybridized carbons (Fsp3) is 0.235. The molecular formula is C17H16N3O5+. The van der Waals surface area contributed by atoms with Gasteiger partial charge >= 0.3 is 12.1 Å². The Morgan fingerprint density at radius 1 is 0.720 bits per heavy atom. The average Bonchev–Trinajstić information content (AvgIpc) is 2.61. The molecule has 1 aliphatic rings. The van der Waals surface area contributed by atoms with Crippen LogP contribution in [0.5, 0.6) is 0 Å². The minimum absolute atomic E-state index is 0.597. The van der Waals surface area contributed by atoms with Crippen LogP contribution in [0.25, 0.3) is 0 Å². The number of hydrogen-bond acceptors (Lipinski definition) is 5. The number of ketones is 1. The Hall–Kier alpha value is -3.13. The van der Waals surface area contributed by atoms with Gasteiger partial charge in [0.2, 0.25) is 0 Å². The van der Waals surface area contributed by atoms with Gasteiger partial charge in [0.15, 0.2) is 12.1 Å². The van der Waals surface area contributed by atoms with Crippen molar-refractivity contribution in [1.82, 2.24) is 0 Å². The molecule has 2 aromatic rings. The predicted octanol–water partition coefficient (Wildman–Crippen LogP) is 0.906. The molecule has 1 aliphatic heterocycles. The van der Waals surface area contributed by atoms with Crippen molar-refractivity contribution in [3.8, 4) is 0 Å². The molecule has 0 amide bonds. The number of nitrogens with two attached hydrogens (primary N) is 1. The number of hydrogen-bond donors (Lipinski definition) is 1. The van der Waals surface area contributed by atoms with Crippen LogP contribution in [0.15, 0.2) is 60.7 Å². The first-order valence-corrected chi connectivity index (χ1v) is 7.76. The largest absolute Gasteiger partial charge is 0.332 e. The van der Waals surface area contributed by atoms with E-state index in [1.165, 1.54) is 0 Å². The fourth-order valence-corrected chi connectivity index (χ4v) is 3.37. The van der Waals surface area contributed by atoms with Gasteiger partial charge in [-0.15, -0.1) is 0 Å². The van der Waals surface area contributed by atoms with Gasteiger partial charge in [0, 0.05) is 21.0 Å². The first-order valence-electron chi connectivity index (χ1n) is 7.76. The molecule has 1 heterocycles. The summed E-state index contributed by atoms with van der Waals surface area (Å²) in [5.41, 5.74) is 1.19. The van der Waals surface area contributed by atoms with Crippen LogP contribution in [0.1, 0.15) is 23.2 Å². The van der Waals surface area contributed by atoms with Crippen molar-refractivity contribution in [2.24, 2.45) is 0 Å². The maximum Gasteiger partial charge on any atom is 0.332 e. The number of nitro groups is 2. The van der Waals surface area contributed by atoms with Crippen LogP contribution in [0.2, 0.25) is 0 Å². The molecule has 3 rings (SSSR count). The Morgan fingerprint density at radius 2 is 1.08 bits per heavy atom. The standard InChI is InChI=1S/C17H15N3O5/c21-17-15(19(22)23)13(11-7-3-1-4-8-11)18-14(16(17)20(24)25)12-9-5-2-6-10-12/h1-10,13-16,18H/p+1/t13-,14-,15-,16+/m0/s1. The zero-order valence-corrected chi connectivity index (χ0v) is 13.1. The minimum atomic E-state index is -1.65. The maximum atomic E-state index is 12.7. The third kappa shape index (κ3) is 3.11. The summed E-state index contributed by atoms with van der Waals surface area (Å²) in [5, 5.41) is 24.6. The molecule has 1 fully saturated rings. The van der Waals surface area contributed by atoms with Gasteiger partial charge in [-0.1, -0.05) is 60.7 Å². The van der Waals surface area contributed by atoms with E-state index in [1.807, 2.05) is 0 Å². The van der Waals surface area contributed by atoms with Crippen molar-refractivity contribution in [1.29, 1.82) is 0 Å². The molecule has 0 saturated carbocycles. The van der Waals surface area contributed by atoms with Gasteiger partial charge < -0.3 is 5.32 Å². The molecule has 0 unspecified atom stereocenters. The van der Waals surface area contributed by atoms with Crippen molar-refractivity contribution >= 4 is 5.78 Å². The molecule has 25 heavy (non-hydrogen) atoms. The summed E-state index contributed by atoms with van der Waals surface area (Å²) in [6.45, 7) is 0. The number of benzene rings is 2. The fourth-order valence-electron chi connectivity index (χ4n) is 3.37. The zero-order valence-electron chi connectivity index (χ0n) is 13.1. The Kier molecular flexibility index (Phi) is 4.53. The molecule has 0 aromatic heterocycles. The molecule has 8 nitrogen and oxygen atoms in total. The number of carbonyl (C=O) groups excluding carboxylic acids is 1. The lowest BCUT2D eigenvalue weighted by atomic mass is 9.82. The monoisotopic (exact) mass is 342 g/mol. The van der Waals surface area contributed by atoms with Crippen LogP contribution in [0, 0.1) is 20.2 Å². The Bertz CT molecular complexity index is 731. The van der Waals surface area contributed by atoms with E-state index in [0.717, 1.165) is 0 Å². The predicted molar refractivity (Wildman–Crippen MR) is 86.9 cm³/mol. The second-order valence-corrected chi connectivity index (χ2v) is 5.93. The SMILES string of the molecule is O=C1[C@@H]([N+](=O)[O-])[C@H](c2ccccc2)[NH2+][C@@H](c2ccccc2)[C@H]1[N+](=O)[O-]. The van der Waals surface area contributed by atoms with Crippen LogP contribution >= 0.6 is 0 Å². The molecule has 2 aromatic carbocycles. The average molecular weight is 342 g/mol. The van der Waals surface area contributed by atoms with E-state index in [2.05, 4.69) is 0 Å². The van der Waals surface area contributed by atoms with E-state index >= 15 is 0 Å². The lowest BCUT2D eigenvalue weighted by Gasteiger charge is -2.30. The number of rotatable bonds is 4. The molecule has 1 saturated heterocycles. The first kappa shape index (κ1) is 16.7. The lowest BCUT2D eigenvalue weighted by molar-refractivity contribution is -0.790. The summed E-state index contributed by atoms with van der Waals surface area (Å²) in [7, 11) is 0. The van der Waals surface area contributed by atoms with Crippen LogP contribution < -0.4 is 5.32 Å². The summed E-state index contributed by atoms with van der Waals surface area (Å²) in [4.78, 5) is 34.2. The second kappa shape index (κ2) is 6.78. The Morgan fingerprint density at radius 3 is 1.40 bits per heavy atom. The summed E-state index contributed by atoms with van der Waals surface area (Å²) in [6.07, 6.45) is 0. The second-order valence-electron chi connectivity index (χ2n) is 5.93. The van der Waals surface area contributed by atoms with Crippen LogP contribution in [0.4, 0.5) is 0 Å². The Balaban J connectivity index is 2.09. The lowest BCUT2D eigenvalue weighted by Crippen LogP contribution is -2.95. The molecule has 2 N–H and O–H groups in total. The minimum Gasteiger partial charge on any atom is -0.321 e. The molecule has 0 aliphatic carbocycles. The van der Waals surface area contributed by atoms with Crippen molar-refractivity contribution in [3.63, 3.8) is 0 Å². The van der Waals surface area contributed by atoms with Crippen molar-refractivity contribution < 1.29 is 20.0 Å². The van der Waals surface area contributed by atoms with Gasteiger partial charge in [-0.3, -0.25) is 25.0 Å². The van der Waals surface area contributed by atoms with Gasteiger partial charge in [0.25, 0.3) is 5.78 Å². The van der Waals surface area contributed by atoms with E-state index in [-0.39, 0.29) is 0 Å². The summed E-state index contributed by atoms with van der Waals surface area (Å²) in [5.74, 6) is -0.958. The van der Waals surface area contributed by atoms with E-state index in [4.69, 9.17) is 0 Å².